The van der Waals surface area contributed by atoms with Gasteiger partial charge in [-0.05, 0) is 78.6 Å². The molecule has 212 valence electrons. The van der Waals surface area contributed by atoms with Crippen molar-refractivity contribution in [2.75, 3.05) is 44.2 Å². The molecule has 0 saturated carbocycles. The predicted molar refractivity (Wildman–Crippen MR) is 153 cm³/mol. The minimum absolute atomic E-state index is 0.0444. The second kappa shape index (κ2) is 13.1. The Labute approximate surface area is 229 Å². The van der Waals surface area contributed by atoms with Gasteiger partial charge in [0.2, 0.25) is 0 Å². The lowest BCUT2D eigenvalue weighted by atomic mass is 10.0. The molecule has 0 N–H and O–H groups in total. The first-order chi connectivity index (χ1) is 17.9. The van der Waals surface area contributed by atoms with Gasteiger partial charge in [0.25, 0.3) is 5.56 Å². The molecule has 9 nitrogen and oxygen atoms in total. The van der Waals surface area contributed by atoms with Gasteiger partial charge in [0, 0.05) is 50.9 Å². The molecule has 1 aliphatic rings. The molecule has 1 fully saturated rings. The minimum Gasteiger partial charge on any atom is -0.488 e. The Morgan fingerprint density at radius 1 is 0.947 bits per heavy atom. The van der Waals surface area contributed by atoms with Gasteiger partial charge in [-0.15, -0.1) is 0 Å². The largest absolute Gasteiger partial charge is 0.488 e. The van der Waals surface area contributed by atoms with E-state index < -0.39 is 11.1 Å². The second-order valence-corrected chi connectivity index (χ2v) is 12.2. The van der Waals surface area contributed by atoms with Crippen molar-refractivity contribution in [1.82, 2.24) is 14.0 Å². The summed E-state index contributed by atoms with van der Waals surface area (Å²) in [6.45, 7) is 18.3. The van der Waals surface area contributed by atoms with Gasteiger partial charge in [-0.3, -0.25) is 23.0 Å². The first-order valence-electron chi connectivity index (χ1n) is 13.6. The maximum absolute atomic E-state index is 13.1. The Bertz CT molecular complexity index is 1200. The Morgan fingerprint density at radius 3 is 2.11 bits per heavy atom. The predicted octanol–water partition coefficient (Wildman–Crippen LogP) is 3.99. The zero-order valence-electron chi connectivity index (χ0n) is 23.9. The van der Waals surface area contributed by atoms with Crippen molar-refractivity contribution < 1.29 is 13.1 Å². The fourth-order valence-corrected chi connectivity index (χ4v) is 5.42. The summed E-state index contributed by atoms with van der Waals surface area (Å²) in [5, 5.41) is 0. The number of benzene rings is 1. The van der Waals surface area contributed by atoms with E-state index >= 15 is 0 Å². The quantitative estimate of drug-likeness (QED) is 0.396. The van der Waals surface area contributed by atoms with Crippen LogP contribution in [0.15, 0.2) is 44.8 Å². The Kier molecular flexibility index (Phi) is 10.4. The summed E-state index contributed by atoms with van der Waals surface area (Å²) in [4.78, 5) is 31.0. The molecule has 1 aliphatic heterocycles. The molecule has 0 aliphatic carbocycles. The van der Waals surface area contributed by atoms with Crippen molar-refractivity contribution in [3.8, 4) is 5.75 Å². The van der Waals surface area contributed by atoms with Gasteiger partial charge < -0.3 is 9.64 Å². The Hall–Kier alpha value is -2.43. The van der Waals surface area contributed by atoms with Crippen LogP contribution in [0.25, 0.3) is 0 Å². The molecule has 0 bridgehead atoms. The number of aromatic nitrogens is 2. The van der Waals surface area contributed by atoms with Gasteiger partial charge in [-0.2, -0.15) is 0 Å². The molecule has 1 atom stereocenters. The highest BCUT2D eigenvalue weighted by atomic mass is 32.2. The van der Waals surface area contributed by atoms with E-state index in [0.717, 1.165) is 51.3 Å². The molecule has 1 unspecified atom stereocenters. The van der Waals surface area contributed by atoms with E-state index in [1.165, 1.54) is 4.57 Å². The summed E-state index contributed by atoms with van der Waals surface area (Å²) < 4.78 is 26.7. The van der Waals surface area contributed by atoms with Gasteiger partial charge in [0.15, 0.2) is 11.1 Å². The van der Waals surface area contributed by atoms with Crippen LogP contribution < -0.4 is 20.9 Å². The number of anilines is 1. The van der Waals surface area contributed by atoms with Crippen molar-refractivity contribution >= 4 is 16.9 Å². The van der Waals surface area contributed by atoms with E-state index in [1.807, 2.05) is 46.8 Å². The fraction of sp³-hybridized carbons (Fsp3) is 0.643. The topological polar surface area (TPSA) is 86.0 Å². The van der Waals surface area contributed by atoms with Crippen LogP contribution in [-0.2, 0) is 15.3 Å². The summed E-state index contributed by atoms with van der Waals surface area (Å²) in [6, 6.07) is 8.63. The van der Waals surface area contributed by atoms with Crippen LogP contribution in [-0.4, -0.2) is 63.2 Å². The van der Waals surface area contributed by atoms with Crippen molar-refractivity contribution in [2.24, 2.45) is 0 Å². The van der Waals surface area contributed by atoms with E-state index in [9.17, 15) is 13.8 Å². The fourth-order valence-electron chi connectivity index (χ4n) is 4.61. The normalized spacial score (nSPS) is 15.9. The number of hydrogen-bond donors (Lipinski definition) is 0. The van der Waals surface area contributed by atoms with Crippen LogP contribution >= 0.6 is 0 Å². The average molecular weight is 549 g/mol. The van der Waals surface area contributed by atoms with Crippen LogP contribution in [0, 0.1) is 0 Å². The molecule has 2 aromatic rings. The highest BCUT2D eigenvalue weighted by Crippen LogP contribution is 2.24. The van der Waals surface area contributed by atoms with Gasteiger partial charge in [-0.25, -0.2) is 9.00 Å². The average Bonchev–Trinajstić information content (AvgIpc) is 2.85. The number of ether oxygens (including phenoxy) is 1. The van der Waals surface area contributed by atoms with E-state index in [-0.39, 0.29) is 28.9 Å². The van der Waals surface area contributed by atoms with Gasteiger partial charge >= 0.3 is 5.69 Å². The molecule has 10 heteroatoms. The lowest BCUT2D eigenvalue weighted by molar-refractivity contribution is 0.0820. The summed E-state index contributed by atoms with van der Waals surface area (Å²) in [5.41, 5.74) is -0.867. The summed E-state index contributed by atoms with van der Waals surface area (Å²) >= 11 is -1.45. The van der Waals surface area contributed by atoms with E-state index in [0.29, 0.717) is 17.3 Å². The van der Waals surface area contributed by atoms with Gasteiger partial charge in [0.1, 0.15) is 17.2 Å². The molecule has 0 spiro atoms. The van der Waals surface area contributed by atoms with Crippen molar-refractivity contribution in [3.05, 3.63) is 51.2 Å². The third-order valence-corrected chi connectivity index (χ3v) is 7.75. The number of nitrogens with zero attached hydrogens (tertiary/aromatic N) is 4. The lowest BCUT2D eigenvalue weighted by Gasteiger charge is -2.38. The number of piperazine rings is 1. The first kappa shape index (κ1) is 30.1. The van der Waals surface area contributed by atoms with Crippen LogP contribution in [0.2, 0.25) is 0 Å². The molecule has 1 aromatic heterocycles. The molecular weight excluding hydrogens is 504 g/mol. The first-order valence-corrected chi connectivity index (χ1v) is 14.7. The summed E-state index contributed by atoms with van der Waals surface area (Å²) in [6.07, 6.45) is 1.66. The highest BCUT2D eigenvalue weighted by molar-refractivity contribution is 7.80. The highest BCUT2D eigenvalue weighted by Gasteiger charge is 2.26. The smallest absolute Gasteiger partial charge is 0.333 e. The van der Waals surface area contributed by atoms with E-state index in [1.54, 1.807) is 22.8 Å². The van der Waals surface area contributed by atoms with Gasteiger partial charge in [0.05, 0.1) is 11.5 Å². The molecule has 0 amide bonds. The molecule has 1 aromatic carbocycles. The lowest BCUT2D eigenvalue weighted by Crippen LogP contribution is -2.51. The molecule has 2 heterocycles. The van der Waals surface area contributed by atoms with Crippen molar-refractivity contribution in [2.45, 2.75) is 83.9 Å². The zero-order valence-corrected chi connectivity index (χ0v) is 24.8. The third kappa shape index (κ3) is 7.57. The number of hydrogen-bond acceptors (Lipinski definition) is 7. The third-order valence-electron chi connectivity index (χ3n) is 6.71. The van der Waals surface area contributed by atoms with Crippen LogP contribution in [0.3, 0.4) is 0 Å². The maximum atomic E-state index is 13.1. The van der Waals surface area contributed by atoms with Gasteiger partial charge in [-0.1, -0.05) is 6.92 Å². The Morgan fingerprint density at radius 2 is 1.55 bits per heavy atom. The monoisotopic (exact) mass is 548 g/mol. The molecule has 3 rings (SSSR count). The van der Waals surface area contributed by atoms with Crippen molar-refractivity contribution in [1.29, 1.82) is 0 Å². The maximum Gasteiger partial charge on any atom is 0.333 e. The molecule has 38 heavy (non-hydrogen) atoms. The molecule has 0 radical (unpaired) electrons. The summed E-state index contributed by atoms with van der Waals surface area (Å²) in [7, 11) is 0. The van der Waals surface area contributed by atoms with Crippen LogP contribution in [0.5, 0.6) is 5.75 Å². The summed E-state index contributed by atoms with van der Waals surface area (Å²) in [5.74, 6) is 1.44. The molecule has 1 saturated heterocycles. The number of rotatable bonds is 12. The molecular formula is C28H44N4O5S. The van der Waals surface area contributed by atoms with Crippen molar-refractivity contribution in [3.63, 3.8) is 0 Å². The second-order valence-electron chi connectivity index (χ2n) is 11.0. The Balaban J connectivity index is 1.57. The minimum atomic E-state index is -1.45. The zero-order chi connectivity index (χ0) is 28.0. The van der Waals surface area contributed by atoms with E-state index in [2.05, 4.69) is 23.6 Å². The SMILES string of the molecule is CCCOS(=O)c1ccc(OC(C)(C)CCN2CCN(c3cc(=O)n(C(C)C)c(=O)n3C(C)C)CC2)cc1. The van der Waals surface area contributed by atoms with Crippen LogP contribution in [0.1, 0.15) is 73.4 Å². The van der Waals surface area contributed by atoms with Crippen LogP contribution in [0.4, 0.5) is 5.82 Å². The van der Waals surface area contributed by atoms with E-state index in [4.69, 9.17) is 8.92 Å². The standard InChI is InChI=1S/C28H44N4O5S/c1-8-19-36-38(35)24-11-9-23(10-12-24)37-28(6,7)13-14-29-15-17-30(18-16-29)25-20-26(33)32(22(4)5)27(34)31(25)21(2)3/h9-12,20-22H,8,13-19H2,1-7H3.